The average molecular weight is 236 g/mol. The Morgan fingerprint density at radius 3 is 2.56 bits per heavy atom. The topological polar surface area (TPSA) is 55.1 Å². The molecule has 4 heteroatoms. The predicted octanol–water partition coefficient (Wildman–Crippen LogP) is 1.87. The summed E-state index contributed by atoms with van der Waals surface area (Å²) in [6, 6.07) is 9.13. The van der Waals surface area contributed by atoms with Gasteiger partial charge in [0.25, 0.3) is 5.91 Å². The van der Waals surface area contributed by atoms with Crippen LogP contribution < -0.4 is 11.1 Å². The lowest BCUT2D eigenvalue weighted by Crippen LogP contribution is -2.37. The van der Waals surface area contributed by atoms with E-state index < -0.39 is 0 Å². The van der Waals surface area contributed by atoms with Crippen LogP contribution in [-0.4, -0.2) is 16.9 Å². The van der Waals surface area contributed by atoms with Gasteiger partial charge in [-0.2, -0.15) is 0 Å². The minimum Gasteiger partial charge on any atom is -0.393 e. The van der Waals surface area contributed by atoms with Crippen molar-refractivity contribution in [2.75, 3.05) is 0 Å². The first-order valence-corrected chi connectivity index (χ1v) is 5.68. The van der Waals surface area contributed by atoms with Crippen LogP contribution >= 0.6 is 12.2 Å². The summed E-state index contributed by atoms with van der Waals surface area (Å²) in [6.07, 6.45) is 1.36. The van der Waals surface area contributed by atoms with Crippen LogP contribution in [0.4, 0.5) is 0 Å². The summed E-state index contributed by atoms with van der Waals surface area (Å²) < 4.78 is 0. The molecule has 3 N–H and O–H groups in total. The number of hydrogen-bond donors (Lipinski definition) is 2. The second kappa shape index (κ2) is 6.23. The minimum absolute atomic E-state index is 0.0187. The maximum Gasteiger partial charge on any atom is 0.251 e. The lowest BCUT2D eigenvalue weighted by atomic mass is 10.1. The molecule has 0 saturated heterocycles. The number of thiocarbonyl (C=S) groups is 1. The van der Waals surface area contributed by atoms with E-state index in [0.29, 0.717) is 17.0 Å². The summed E-state index contributed by atoms with van der Waals surface area (Å²) >= 11 is 4.83. The Labute approximate surface area is 101 Å². The molecule has 0 aromatic heterocycles. The third-order valence-corrected chi connectivity index (χ3v) is 2.48. The molecule has 0 aliphatic heterocycles. The molecule has 0 aliphatic rings. The van der Waals surface area contributed by atoms with Crippen molar-refractivity contribution in [1.82, 2.24) is 5.32 Å². The fourth-order valence-electron chi connectivity index (χ4n) is 1.40. The Bertz CT molecular complexity index is 365. The fraction of sp³-hybridized carbons (Fsp3) is 0.333. The summed E-state index contributed by atoms with van der Waals surface area (Å²) in [5.74, 6) is -0.0799. The maximum atomic E-state index is 11.8. The number of benzene rings is 1. The van der Waals surface area contributed by atoms with E-state index in [1.165, 1.54) is 0 Å². The number of carbonyl (C=O) groups is 1. The number of nitrogens with one attached hydrogen (secondary N) is 1. The van der Waals surface area contributed by atoms with Gasteiger partial charge in [-0.15, -0.1) is 0 Å². The molecule has 1 unspecified atom stereocenters. The van der Waals surface area contributed by atoms with Gasteiger partial charge in [0.05, 0.1) is 4.99 Å². The summed E-state index contributed by atoms with van der Waals surface area (Å²) in [6.45, 7) is 1.99. The molecule has 0 radical (unpaired) electrons. The van der Waals surface area contributed by atoms with Crippen molar-refractivity contribution < 1.29 is 4.79 Å². The third-order valence-electron chi connectivity index (χ3n) is 2.31. The van der Waals surface area contributed by atoms with Crippen molar-refractivity contribution in [3.05, 3.63) is 35.9 Å². The normalized spacial score (nSPS) is 11.8. The third kappa shape index (κ3) is 3.98. The first-order chi connectivity index (χ1) is 7.63. The Kier molecular flexibility index (Phi) is 4.92. The lowest BCUT2D eigenvalue weighted by molar-refractivity contribution is 0.0937. The zero-order valence-corrected chi connectivity index (χ0v) is 10.1. The second-order valence-corrected chi connectivity index (χ2v) is 4.14. The molecule has 1 aromatic rings. The molecule has 1 rings (SSSR count). The van der Waals surface area contributed by atoms with Crippen molar-refractivity contribution in [3.63, 3.8) is 0 Å². The number of rotatable bonds is 5. The standard InChI is InChI=1S/C12H16N2OS/c1-2-10(8-11(13)16)14-12(15)9-6-4-3-5-7-9/h3-7,10H,2,8H2,1H3,(H2,13,16)(H,14,15). The SMILES string of the molecule is CCC(CC(N)=S)NC(=O)c1ccccc1. The number of hydrogen-bond acceptors (Lipinski definition) is 2. The summed E-state index contributed by atoms with van der Waals surface area (Å²) in [5, 5.41) is 2.91. The molecular formula is C12H16N2OS. The van der Waals surface area contributed by atoms with E-state index >= 15 is 0 Å². The van der Waals surface area contributed by atoms with Crippen molar-refractivity contribution in [1.29, 1.82) is 0 Å². The van der Waals surface area contributed by atoms with Gasteiger partial charge in [0.15, 0.2) is 0 Å². The van der Waals surface area contributed by atoms with Crippen LogP contribution in [0.15, 0.2) is 30.3 Å². The van der Waals surface area contributed by atoms with Crippen LogP contribution in [0.5, 0.6) is 0 Å². The van der Waals surface area contributed by atoms with Crippen LogP contribution in [0.2, 0.25) is 0 Å². The Hall–Kier alpha value is -1.42. The Morgan fingerprint density at radius 2 is 2.06 bits per heavy atom. The maximum absolute atomic E-state index is 11.8. The highest BCUT2D eigenvalue weighted by molar-refractivity contribution is 7.80. The lowest BCUT2D eigenvalue weighted by Gasteiger charge is -2.16. The van der Waals surface area contributed by atoms with Gasteiger partial charge < -0.3 is 11.1 Å². The average Bonchev–Trinajstić information content (AvgIpc) is 2.28. The number of amides is 1. The van der Waals surface area contributed by atoms with Gasteiger partial charge in [0.2, 0.25) is 0 Å². The molecule has 3 nitrogen and oxygen atoms in total. The summed E-state index contributed by atoms with van der Waals surface area (Å²) in [7, 11) is 0. The molecule has 0 heterocycles. The van der Waals surface area contributed by atoms with Gasteiger partial charge in [-0.1, -0.05) is 37.3 Å². The first kappa shape index (κ1) is 12.6. The number of carbonyl (C=O) groups excluding carboxylic acids is 1. The second-order valence-electron chi connectivity index (χ2n) is 3.62. The first-order valence-electron chi connectivity index (χ1n) is 5.27. The minimum atomic E-state index is -0.0799. The van der Waals surface area contributed by atoms with Gasteiger partial charge in [-0.05, 0) is 18.6 Å². The summed E-state index contributed by atoms with van der Waals surface area (Å²) in [5.41, 5.74) is 6.12. The van der Waals surface area contributed by atoms with Crippen LogP contribution in [0.1, 0.15) is 30.1 Å². The number of nitrogens with two attached hydrogens (primary N) is 1. The molecule has 86 valence electrons. The van der Waals surface area contributed by atoms with E-state index in [1.807, 2.05) is 25.1 Å². The van der Waals surface area contributed by atoms with Crippen LogP contribution in [0.25, 0.3) is 0 Å². The van der Waals surface area contributed by atoms with E-state index in [0.717, 1.165) is 6.42 Å². The van der Waals surface area contributed by atoms with Crippen LogP contribution in [0.3, 0.4) is 0 Å². The Morgan fingerprint density at radius 1 is 1.44 bits per heavy atom. The van der Waals surface area contributed by atoms with E-state index in [1.54, 1.807) is 12.1 Å². The van der Waals surface area contributed by atoms with Gasteiger partial charge in [-0.3, -0.25) is 4.79 Å². The molecule has 0 fully saturated rings. The van der Waals surface area contributed by atoms with E-state index in [-0.39, 0.29) is 11.9 Å². The van der Waals surface area contributed by atoms with Crippen molar-refractivity contribution in [2.45, 2.75) is 25.8 Å². The molecule has 16 heavy (non-hydrogen) atoms. The molecular weight excluding hydrogens is 220 g/mol. The quantitative estimate of drug-likeness (QED) is 0.767. The molecule has 1 aromatic carbocycles. The smallest absolute Gasteiger partial charge is 0.251 e. The van der Waals surface area contributed by atoms with Crippen LogP contribution in [0, 0.1) is 0 Å². The molecule has 0 aliphatic carbocycles. The molecule has 0 bridgehead atoms. The highest BCUT2D eigenvalue weighted by Crippen LogP contribution is 2.02. The van der Waals surface area contributed by atoms with E-state index in [9.17, 15) is 4.79 Å². The molecule has 1 amide bonds. The van der Waals surface area contributed by atoms with E-state index in [2.05, 4.69) is 5.32 Å². The largest absolute Gasteiger partial charge is 0.393 e. The molecule has 1 atom stereocenters. The van der Waals surface area contributed by atoms with E-state index in [4.69, 9.17) is 18.0 Å². The highest BCUT2D eigenvalue weighted by atomic mass is 32.1. The molecule has 0 saturated carbocycles. The van der Waals surface area contributed by atoms with Crippen molar-refractivity contribution in [3.8, 4) is 0 Å². The van der Waals surface area contributed by atoms with Crippen molar-refractivity contribution in [2.24, 2.45) is 5.73 Å². The van der Waals surface area contributed by atoms with Gasteiger partial charge in [0, 0.05) is 18.0 Å². The van der Waals surface area contributed by atoms with Gasteiger partial charge in [-0.25, -0.2) is 0 Å². The van der Waals surface area contributed by atoms with Gasteiger partial charge in [0.1, 0.15) is 0 Å². The summed E-state index contributed by atoms with van der Waals surface area (Å²) in [4.78, 5) is 12.2. The molecule has 0 spiro atoms. The van der Waals surface area contributed by atoms with Crippen LogP contribution in [-0.2, 0) is 0 Å². The monoisotopic (exact) mass is 236 g/mol. The Balaban J connectivity index is 2.59. The van der Waals surface area contributed by atoms with Gasteiger partial charge >= 0.3 is 0 Å². The highest BCUT2D eigenvalue weighted by Gasteiger charge is 2.12. The fourth-order valence-corrected chi connectivity index (χ4v) is 1.60. The zero-order chi connectivity index (χ0) is 12.0. The predicted molar refractivity (Wildman–Crippen MR) is 69.4 cm³/mol. The van der Waals surface area contributed by atoms with Crippen molar-refractivity contribution >= 4 is 23.1 Å². The zero-order valence-electron chi connectivity index (χ0n) is 9.27.